The van der Waals surface area contributed by atoms with Crippen molar-refractivity contribution in [2.75, 3.05) is 0 Å². The fraction of sp³-hybridized carbons (Fsp3) is 0.375. The van der Waals surface area contributed by atoms with Gasteiger partial charge >= 0.3 is 0 Å². The van der Waals surface area contributed by atoms with E-state index in [0.29, 0.717) is 12.3 Å². The zero-order chi connectivity index (χ0) is 6.85. The van der Waals surface area contributed by atoms with Gasteiger partial charge in [0.2, 0.25) is 0 Å². The second kappa shape index (κ2) is 2.18. The predicted molar refractivity (Wildman–Crippen MR) is 37.1 cm³/mol. The zero-order valence-electron chi connectivity index (χ0n) is 5.55. The number of ketones is 1. The summed E-state index contributed by atoms with van der Waals surface area (Å²) in [6, 6.07) is 0. The van der Waals surface area contributed by atoms with Crippen molar-refractivity contribution in [3.8, 4) is 0 Å². The summed E-state index contributed by atoms with van der Waals surface area (Å²) in [5.74, 6) is 0.542. The molecule has 0 N–H and O–H groups in total. The minimum Gasteiger partial charge on any atom is -0.295 e. The van der Waals surface area contributed by atoms with E-state index in [4.69, 9.17) is 0 Å². The van der Waals surface area contributed by atoms with Crippen LogP contribution in [0.5, 0.6) is 0 Å². The van der Waals surface area contributed by atoms with Gasteiger partial charge in [0, 0.05) is 12.3 Å². The highest BCUT2D eigenvalue weighted by molar-refractivity contribution is 5.92. The Hall–Kier alpha value is -0.850. The van der Waals surface area contributed by atoms with E-state index < -0.39 is 0 Å². The molecule has 0 aromatic carbocycles. The second-order valence-electron chi connectivity index (χ2n) is 2.48. The molecule has 0 radical (unpaired) electrons. The number of hydrogen-bond acceptors (Lipinski definition) is 1. The van der Waals surface area contributed by atoms with E-state index in [2.05, 4.69) is 6.58 Å². The summed E-state index contributed by atoms with van der Waals surface area (Å²) in [6.07, 6.45) is 4.19. The SMILES string of the molecule is C=C(C)C1C=CC(=O)C1. The molecule has 0 heterocycles. The second-order valence-corrected chi connectivity index (χ2v) is 2.48. The first kappa shape index (κ1) is 6.27. The van der Waals surface area contributed by atoms with E-state index in [1.165, 1.54) is 0 Å². The molecular formula is C8H10O. The molecule has 1 rings (SSSR count). The van der Waals surface area contributed by atoms with Gasteiger partial charge in [0.05, 0.1) is 0 Å². The third-order valence-corrected chi connectivity index (χ3v) is 1.57. The molecular weight excluding hydrogens is 112 g/mol. The predicted octanol–water partition coefficient (Wildman–Crippen LogP) is 1.71. The van der Waals surface area contributed by atoms with Crippen molar-refractivity contribution in [1.29, 1.82) is 0 Å². The van der Waals surface area contributed by atoms with E-state index in [1.54, 1.807) is 6.08 Å². The Bertz CT molecular complexity index is 177. The molecule has 48 valence electrons. The third-order valence-electron chi connectivity index (χ3n) is 1.57. The number of rotatable bonds is 1. The maximum absolute atomic E-state index is 10.6. The lowest BCUT2D eigenvalue weighted by molar-refractivity contribution is -0.114. The summed E-state index contributed by atoms with van der Waals surface area (Å²) in [6.45, 7) is 5.72. The highest BCUT2D eigenvalue weighted by atomic mass is 16.1. The Labute approximate surface area is 55.1 Å². The smallest absolute Gasteiger partial charge is 0.156 e. The Morgan fingerprint density at radius 3 is 2.78 bits per heavy atom. The highest BCUT2D eigenvalue weighted by Gasteiger charge is 2.15. The summed E-state index contributed by atoms with van der Waals surface area (Å²) in [4.78, 5) is 10.6. The van der Waals surface area contributed by atoms with E-state index in [9.17, 15) is 4.79 Å². The number of carbonyl (C=O) groups excluding carboxylic acids is 1. The van der Waals surface area contributed by atoms with Crippen molar-refractivity contribution in [2.24, 2.45) is 5.92 Å². The molecule has 0 saturated heterocycles. The molecule has 1 aliphatic carbocycles. The van der Waals surface area contributed by atoms with Gasteiger partial charge in [0.1, 0.15) is 0 Å². The van der Waals surface area contributed by atoms with Crippen LogP contribution in [0, 0.1) is 5.92 Å². The van der Waals surface area contributed by atoms with Gasteiger partial charge in [-0.05, 0) is 13.0 Å². The quantitative estimate of drug-likeness (QED) is 0.484. The molecule has 0 amide bonds. The van der Waals surface area contributed by atoms with Gasteiger partial charge in [-0.2, -0.15) is 0 Å². The molecule has 1 aliphatic rings. The lowest BCUT2D eigenvalue weighted by Crippen LogP contribution is -1.95. The summed E-state index contributed by atoms with van der Waals surface area (Å²) < 4.78 is 0. The Morgan fingerprint density at radius 1 is 1.89 bits per heavy atom. The molecule has 9 heavy (non-hydrogen) atoms. The molecule has 0 spiro atoms. The van der Waals surface area contributed by atoms with E-state index in [0.717, 1.165) is 5.57 Å². The van der Waals surface area contributed by atoms with Gasteiger partial charge in [-0.1, -0.05) is 18.2 Å². The van der Waals surface area contributed by atoms with Crippen LogP contribution in [-0.2, 0) is 4.79 Å². The highest BCUT2D eigenvalue weighted by Crippen LogP contribution is 2.20. The monoisotopic (exact) mass is 122 g/mol. The minimum absolute atomic E-state index is 0.225. The van der Waals surface area contributed by atoms with Crippen LogP contribution in [0.4, 0.5) is 0 Å². The van der Waals surface area contributed by atoms with Crippen molar-refractivity contribution < 1.29 is 4.79 Å². The van der Waals surface area contributed by atoms with Crippen molar-refractivity contribution in [1.82, 2.24) is 0 Å². The van der Waals surface area contributed by atoms with Gasteiger partial charge in [-0.3, -0.25) is 4.79 Å². The van der Waals surface area contributed by atoms with Crippen LogP contribution < -0.4 is 0 Å². The number of allylic oxidation sites excluding steroid dienone is 3. The molecule has 0 bridgehead atoms. The van der Waals surface area contributed by atoms with Gasteiger partial charge < -0.3 is 0 Å². The third kappa shape index (κ3) is 1.28. The topological polar surface area (TPSA) is 17.1 Å². The van der Waals surface area contributed by atoms with Gasteiger partial charge in [-0.15, -0.1) is 0 Å². The average Bonchev–Trinajstić information content (AvgIpc) is 2.14. The summed E-state index contributed by atoms with van der Waals surface area (Å²) in [7, 11) is 0. The average molecular weight is 122 g/mol. The first-order valence-corrected chi connectivity index (χ1v) is 3.06. The van der Waals surface area contributed by atoms with Crippen molar-refractivity contribution in [3.05, 3.63) is 24.3 Å². The van der Waals surface area contributed by atoms with Gasteiger partial charge in [0.25, 0.3) is 0 Å². The number of hydrogen-bond donors (Lipinski definition) is 0. The fourth-order valence-electron chi connectivity index (χ4n) is 0.915. The van der Waals surface area contributed by atoms with Crippen LogP contribution in [0.25, 0.3) is 0 Å². The van der Waals surface area contributed by atoms with E-state index >= 15 is 0 Å². The molecule has 1 heteroatoms. The van der Waals surface area contributed by atoms with E-state index in [-0.39, 0.29) is 5.78 Å². The normalized spacial score (nSPS) is 25.0. The van der Waals surface area contributed by atoms with E-state index in [1.807, 2.05) is 13.0 Å². The Morgan fingerprint density at radius 2 is 2.56 bits per heavy atom. The molecule has 1 atom stereocenters. The molecule has 0 aliphatic heterocycles. The molecule has 0 aromatic rings. The van der Waals surface area contributed by atoms with Crippen LogP contribution in [0.3, 0.4) is 0 Å². The van der Waals surface area contributed by atoms with Crippen molar-refractivity contribution in [3.63, 3.8) is 0 Å². The van der Waals surface area contributed by atoms with Crippen LogP contribution in [0.2, 0.25) is 0 Å². The van der Waals surface area contributed by atoms with Crippen LogP contribution >= 0.6 is 0 Å². The van der Waals surface area contributed by atoms with Crippen LogP contribution in [0.15, 0.2) is 24.3 Å². The Balaban J connectivity index is 2.60. The van der Waals surface area contributed by atoms with Gasteiger partial charge in [0.15, 0.2) is 5.78 Å². The summed E-state index contributed by atoms with van der Waals surface area (Å²) >= 11 is 0. The number of carbonyl (C=O) groups is 1. The summed E-state index contributed by atoms with van der Waals surface area (Å²) in [5.41, 5.74) is 1.08. The van der Waals surface area contributed by atoms with Gasteiger partial charge in [-0.25, -0.2) is 0 Å². The van der Waals surface area contributed by atoms with Crippen molar-refractivity contribution >= 4 is 5.78 Å². The molecule has 0 fully saturated rings. The van der Waals surface area contributed by atoms with Crippen LogP contribution in [-0.4, -0.2) is 5.78 Å². The summed E-state index contributed by atoms with van der Waals surface area (Å²) in [5, 5.41) is 0. The van der Waals surface area contributed by atoms with Crippen LogP contribution in [0.1, 0.15) is 13.3 Å². The van der Waals surface area contributed by atoms with Crippen molar-refractivity contribution in [2.45, 2.75) is 13.3 Å². The minimum atomic E-state index is 0.225. The maximum atomic E-state index is 10.6. The molecule has 0 aromatic heterocycles. The molecule has 1 nitrogen and oxygen atoms in total. The zero-order valence-corrected chi connectivity index (χ0v) is 5.55. The largest absolute Gasteiger partial charge is 0.295 e. The fourth-order valence-corrected chi connectivity index (χ4v) is 0.915. The standard InChI is InChI=1S/C8H10O/c1-6(2)7-3-4-8(9)5-7/h3-4,7H,1,5H2,2H3. The maximum Gasteiger partial charge on any atom is 0.156 e. The first-order valence-electron chi connectivity index (χ1n) is 3.06. The first-order chi connectivity index (χ1) is 4.20. The molecule has 1 unspecified atom stereocenters. The lowest BCUT2D eigenvalue weighted by atomic mass is 10.0. The lowest BCUT2D eigenvalue weighted by Gasteiger charge is -2.02. The Kier molecular flexibility index (Phi) is 1.52. The molecule has 0 saturated carbocycles.